The minimum atomic E-state index is -0.412. The fourth-order valence-electron chi connectivity index (χ4n) is 0.997. The molecule has 2 heterocycles. The molecule has 0 aliphatic carbocycles. The van der Waals surface area contributed by atoms with Crippen molar-refractivity contribution in [3.63, 3.8) is 0 Å². The molecule has 0 saturated heterocycles. The van der Waals surface area contributed by atoms with Crippen molar-refractivity contribution in [3.8, 4) is 0 Å². The Morgan fingerprint density at radius 3 is 2.69 bits per heavy atom. The Balaban J connectivity index is 2.14. The van der Waals surface area contributed by atoms with Crippen LogP contribution < -0.4 is 5.73 Å². The third-order valence-corrected chi connectivity index (χ3v) is 3.36. The second-order valence-corrected chi connectivity index (χ2v) is 4.88. The lowest BCUT2D eigenvalue weighted by Crippen LogP contribution is -1.80. The highest BCUT2D eigenvalue weighted by atomic mass is 32.1. The van der Waals surface area contributed by atoms with Gasteiger partial charge in [-0.25, -0.2) is 0 Å². The summed E-state index contributed by atoms with van der Waals surface area (Å²) in [7, 11) is 0. The summed E-state index contributed by atoms with van der Waals surface area (Å²) in [6.45, 7) is 0. The van der Waals surface area contributed by atoms with Crippen LogP contribution in [0.15, 0.2) is 12.1 Å². The number of hydrogen-bond acceptors (Lipinski definition) is 7. The third kappa shape index (κ3) is 2.41. The maximum absolute atomic E-state index is 10.4. The van der Waals surface area contributed by atoms with Crippen LogP contribution in [0, 0.1) is 10.1 Å². The Morgan fingerprint density at radius 2 is 2.12 bits per heavy atom. The van der Waals surface area contributed by atoms with Crippen molar-refractivity contribution in [2.75, 3.05) is 5.73 Å². The first kappa shape index (κ1) is 10.7. The molecule has 82 valence electrons. The van der Waals surface area contributed by atoms with Crippen molar-refractivity contribution in [2.24, 2.45) is 0 Å². The van der Waals surface area contributed by atoms with E-state index in [-0.39, 0.29) is 5.00 Å². The standard InChI is InChI=1S/C8H6N4O2S2/c9-8-11-10-6(16-8)3-1-5-2-4-7(15-5)12(13)14/h1-4H,(H2,9,11). The predicted octanol–water partition coefficient (Wildman–Crippen LogP) is 2.26. The molecule has 0 unspecified atom stereocenters. The van der Waals surface area contributed by atoms with Gasteiger partial charge in [-0.05, 0) is 18.2 Å². The van der Waals surface area contributed by atoms with Gasteiger partial charge in [-0.15, -0.1) is 10.2 Å². The highest BCUT2D eigenvalue weighted by Gasteiger charge is 2.07. The van der Waals surface area contributed by atoms with Gasteiger partial charge in [-0.3, -0.25) is 10.1 Å². The maximum atomic E-state index is 10.4. The van der Waals surface area contributed by atoms with Crippen molar-refractivity contribution in [2.45, 2.75) is 0 Å². The molecule has 0 atom stereocenters. The van der Waals surface area contributed by atoms with E-state index in [1.807, 2.05) is 0 Å². The fraction of sp³-hybridized carbons (Fsp3) is 0. The van der Waals surface area contributed by atoms with Gasteiger partial charge in [0.15, 0.2) is 0 Å². The predicted molar refractivity (Wildman–Crippen MR) is 64.2 cm³/mol. The maximum Gasteiger partial charge on any atom is 0.324 e. The molecule has 0 aromatic carbocycles. The zero-order chi connectivity index (χ0) is 11.5. The Bertz CT molecular complexity index is 546. The van der Waals surface area contributed by atoms with Crippen LogP contribution in [0.5, 0.6) is 0 Å². The van der Waals surface area contributed by atoms with Gasteiger partial charge < -0.3 is 5.73 Å². The minimum Gasteiger partial charge on any atom is -0.374 e. The summed E-state index contributed by atoms with van der Waals surface area (Å²) < 4.78 is 0. The molecule has 2 rings (SSSR count). The lowest BCUT2D eigenvalue weighted by atomic mass is 10.4. The number of nitrogens with two attached hydrogens (primary N) is 1. The molecule has 6 nitrogen and oxygen atoms in total. The van der Waals surface area contributed by atoms with Gasteiger partial charge in [0.05, 0.1) is 4.92 Å². The molecule has 0 spiro atoms. The zero-order valence-electron chi connectivity index (χ0n) is 7.86. The Kier molecular flexibility index (Phi) is 2.93. The van der Waals surface area contributed by atoms with E-state index in [1.54, 1.807) is 18.2 Å². The van der Waals surface area contributed by atoms with Crippen molar-refractivity contribution >= 4 is 45.0 Å². The van der Waals surface area contributed by atoms with Crippen LogP contribution in [-0.2, 0) is 0 Å². The van der Waals surface area contributed by atoms with E-state index in [2.05, 4.69) is 10.2 Å². The molecule has 8 heteroatoms. The summed E-state index contributed by atoms with van der Waals surface area (Å²) in [6, 6.07) is 3.16. The van der Waals surface area contributed by atoms with Crippen molar-refractivity contribution in [3.05, 3.63) is 32.1 Å². The summed E-state index contributed by atoms with van der Waals surface area (Å²) in [6.07, 6.45) is 3.47. The van der Waals surface area contributed by atoms with E-state index in [0.717, 1.165) is 16.2 Å². The minimum absolute atomic E-state index is 0.122. The molecule has 0 amide bonds. The number of nitrogen functional groups attached to an aromatic ring is 1. The fourth-order valence-corrected chi connectivity index (χ4v) is 2.24. The van der Waals surface area contributed by atoms with Crippen LogP contribution in [0.2, 0.25) is 0 Å². The summed E-state index contributed by atoms with van der Waals surface area (Å²) >= 11 is 2.37. The molecule has 16 heavy (non-hydrogen) atoms. The topological polar surface area (TPSA) is 94.9 Å². The Labute approximate surface area is 98.2 Å². The zero-order valence-corrected chi connectivity index (χ0v) is 9.49. The van der Waals surface area contributed by atoms with Crippen LogP contribution in [0.4, 0.5) is 10.1 Å². The smallest absolute Gasteiger partial charge is 0.324 e. The van der Waals surface area contributed by atoms with Crippen LogP contribution in [0.1, 0.15) is 9.88 Å². The normalized spacial score (nSPS) is 11.0. The number of nitro groups is 1. The molecule has 0 radical (unpaired) electrons. The van der Waals surface area contributed by atoms with E-state index >= 15 is 0 Å². The van der Waals surface area contributed by atoms with Gasteiger partial charge in [0.1, 0.15) is 5.01 Å². The van der Waals surface area contributed by atoms with Crippen LogP contribution in [0.25, 0.3) is 12.2 Å². The Hall–Kier alpha value is -1.80. The van der Waals surface area contributed by atoms with Crippen molar-refractivity contribution < 1.29 is 4.92 Å². The SMILES string of the molecule is Nc1nnc(C=Cc2ccc([N+](=O)[O-])s2)s1. The van der Waals surface area contributed by atoms with Crippen LogP contribution in [0.3, 0.4) is 0 Å². The highest BCUT2D eigenvalue weighted by Crippen LogP contribution is 2.25. The second kappa shape index (κ2) is 4.37. The van der Waals surface area contributed by atoms with E-state index in [4.69, 9.17) is 5.73 Å². The molecule has 0 aliphatic rings. The first-order chi connectivity index (χ1) is 7.65. The highest BCUT2D eigenvalue weighted by molar-refractivity contribution is 7.16. The number of nitrogens with zero attached hydrogens (tertiary/aromatic N) is 3. The summed E-state index contributed by atoms with van der Waals surface area (Å²) in [5.74, 6) is 0. The lowest BCUT2D eigenvalue weighted by Gasteiger charge is -1.81. The van der Waals surface area contributed by atoms with Crippen molar-refractivity contribution in [1.82, 2.24) is 10.2 Å². The quantitative estimate of drug-likeness (QED) is 0.669. The van der Waals surface area contributed by atoms with E-state index in [0.29, 0.717) is 10.1 Å². The number of anilines is 1. The van der Waals surface area contributed by atoms with Crippen LogP contribution >= 0.6 is 22.7 Å². The van der Waals surface area contributed by atoms with E-state index < -0.39 is 4.92 Å². The Morgan fingerprint density at radius 1 is 1.31 bits per heavy atom. The van der Waals surface area contributed by atoms with Gasteiger partial charge >= 0.3 is 5.00 Å². The van der Waals surface area contributed by atoms with Gasteiger partial charge in [0.25, 0.3) is 0 Å². The van der Waals surface area contributed by atoms with Gasteiger partial charge in [-0.1, -0.05) is 22.7 Å². The molecular weight excluding hydrogens is 248 g/mol. The lowest BCUT2D eigenvalue weighted by molar-refractivity contribution is -0.380. The van der Waals surface area contributed by atoms with Gasteiger partial charge in [0, 0.05) is 10.9 Å². The number of aromatic nitrogens is 2. The summed E-state index contributed by atoms with van der Waals surface area (Å²) in [5, 5.41) is 19.1. The number of rotatable bonds is 3. The number of thiophene rings is 1. The number of hydrogen-bond donors (Lipinski definition) is 1. The molecule has 0 bridgehead atoms. The van der Waals surface area contributed by atoms with Crippen LogP contribution in [-0.4, -0.2) is 15.1 Å². The summed E-state index contributed by atoms with van der Waals surface area (Å²) in [5.41, 5.74) is 5.42. The largest absolute Gasteiger partial charge is 0.374 e. The summed E-state index contributed by atoms with van der Waals surface area (Å²) in [4.78, 5) is 10.8. The van der Waals surface area contributed by atoms with Gasteiger partial charge in [0.2, 0.25) is 5.13 Å². The van der Waals surface area contributed by atoms with Gasteiger partial charge in [-0.2, -0.15) is 0 Å². The first-order valence-corrected chi connectivity index (χ1v) is 5.80. The average Bonchev–Trinajstić information content (AvgIpc) is 2.83. The molecule has 0 saturated carbocycles. The molecule has 2 aromatic heterocycles. The molecule has 2 N–H and O–H groups in total. The molecule has 0 aliphatic heterocycles. The molecule has 0 fully saturated rings. The third-order valence-electron chi connectivity index (χ3n) is 1.64. The van der Waals surface area contributed by atoms with Crippen molar-refractivity contribution in [1.29, 1.82) is 0 Å². The van der Waals surface area contributed by atoms with E-state index in [1.165, 1.54) is 17.4 Å². The van der Waals surface area contributed by atoms with E-state index in [9.17, 15) is 10.1 Å². The first-order valence-electron chi connectivity index (χ1n) is 4.16. The molecular formula is C8H6N4O2S2. The molecule has 2 aromatic rings. The second-order valence-electron chi connectivity index (χ2n) is 2.74. The monoisotopic (exact) mass is 254 g/mol. The average molecular weight is 254 g/mol.